The van der Waals surface area contributed by atoms with E-state index < -0.39 is 8.32 Å². The maximum atomic E-state index is 11.8. The van der Waals surface area contributed by atoms with Gasteiger partial charge >= 0.3 is 5.97 Å². The van der Waals surface area contributed by atoms with Crippen molar-refractivity contribution in [2.45, 2.75) is 76.7 Å². The molecule has 0 aliphatic carbocycles. The highest BCUT2D eigenvalue weighted by Crippen LogP contribution is 2.43. The summed E-state index contributed by atoms with van der Waals surface area (Å²) in [6.07, 6.45) is 0.0289. The smallest absolute Gasteiger partial charge is 0.308 e. The van der Waals surface area contributed by atoms with Crippen LogP contribution in [0.1, 0.15) is 34.1 Å². The molecule has 2 aliphatic heterocycles. The van der Waals surface area contributed by atoms with Crippen LogP contribution in [0.5, 0.6) is 0 Å². The van der Waals surface area contributed by atoms with Crippen molar-refractivity contribution in [3.63, 3.8) is 0 Å². The van der Waals surface area contributed by atoms with Crippen LogP contribution < -0.4 is 0 Å². The third-order valence-corrected chi connectivity index (χ3v) is 9.17. The molecule has 0 aromatic rings. The van der Waals surface area contributed by atoms with E-state index in [-0.39, 0.29) is 41.8 Å². The lowest BCUT2D eigenvalue weighted by Gasteiger charge is -2.41. The van der Waals surface area contributed by atoms with E-state index in [0.717, 1.165) is 0 Å². The molecule has 4 atom stereocenters. The molecule has 5 nitrogen and oxygen atoms in total. The molecule has 2 heterocycles. The van der Waals surface area contributed by atoms with Crippen molar-refractivity contribution in [2.75, 3.05) is 13.2 Å². The van der Waals surface area contributed by atoms with E-state index >= 15 is 0 Å². The van der Waals surface area contributed by atoms with Crippen molar-refractivity contribution in [1.82, 2.24) is 0 Å². The summed E-state index contributed by atoms with van der Waals surface area (Å²) in [5, 5.41) is 0.114. The molecule has 0 bridgehead atoms. The van der Waals surface area contributed by atoms with Crippen LogP contribution in [0.3, 0.4) is 0 Å². The van der Waals surface area contributed by atoms with Gasteiger partial charge in [-0.05, 0) is 25.1 Å². The number of carbonyl (C=O) groups excluding carboxylic acids is 1. The Balaban J connectivity index is 2.04. The maximum absolute atomic E-state index is 11.8. The van der Waals surface area contributed by atoms with Gasteiger partial charge in [-0.25, -0.2) is 0 Å². The lowest BCUT2D eigenvalue weighted by molar-refractivity contribution is -0.150. The molecule has 2 rings (SSSR count). The van der Waals surface area contributed by atoms with Crippen LogP contribution in [0.2, 0.25) is 18.1 Å². The van der Waals surface area contributed by atoms with Gasteiger partial charge in [0.05, 0.1) is 25.7 Å². The number of fused-ring (bicyclic) bond motifs is 1. The van der Waals surface area contributed by atoms with E-state index in [1.807, 2.05) is 6.92 Å². The SMILES string of the molecule is CCOC(=O)C[C@@H]1OC[C@H]2O[C@H]2[C@@H]1O[Si](C)(C)C(C)(C)C. The number of hydrogen-bond acceptors (Lipinski definition) is 5. The summed E-state index contributed by atoms with van der Waals surface area (Å²) in [4.78, 5) is 11.8. The van der Waals surface area contributed by atoms with Crippen molar-refractivity contribution in [2.24, 2.45) is 0 Å². The summed E-state index contributed by atoms with van der Waals surface area (Å²) in [5.41, 5.74) is 0. The molecule has 2 fully saturated rings. The second-order valence-electron chi connectivity index (χ2n) is 7.36. The molecule has 0 radical (unpaired) electrons. The van der Waals surface area contributed by atoms with Crippen LogP contribution in [0.25, 0.3) is 0 Å². The average molecular weight is 316 g/mol. The topological polar surface area (TPSA) is 57.3 Å². The normalized spacial score (nSPS) is 32.5. The summed E-state index contributed by atoms with van der Waals surface area (Å²) >= 11 is 0. The predicted molar refractivity (Wildman–Crippen MR) is 81.7 cm³/mol. The standard InChI is InChI=1S/C15H28O5Si/c1-7-17-12(16)8-10-14(13-11(19-13)9-18-10)20-21(5,6)15(2,3)4/h10-11,13-14H,7-9H2,1-6H3/t10-,11+,13+,14+/m0/s1. The molecule has 0 aromatic carbocycles. The summed E-state index contributed by atoms with van der Waals surface area (Å²) in [5.74, 6) is -0.231. The Labute approximate surface area is 128 Å². The number of ether oxygens (including phenoxy) is 3. The minimum Gasteiger partial charge on any atom is -0.466 e. The molecule has 2 aliphatic rings. The van der Waals surface area contributed by atoms with Crippen LogP contribution >= 0.6 is 0 Å². The van der Waals surface area contributed by atoms with Gasteiger partial charge < -0.3 is 18.6 Å². The molecule has 0 saturated carbocycles. The Hall–Kier alpha value is -0.433. The van der Waals surface area contributed by atoms with Gasteiger partial charge in [0.2, 0.25) is 0 Å². The van der Waals surface area contributed by atoms with Gasteiger partial charge in [-0.15, -0.1) is 0 Å². The van der Waals surface area contributed by atoms with Gasteiger partial charge in [0.25, 0.3) is 0 Å². The Morgan fingerprint density at radius 2 is 2.00 bits per heavy atom. The lowest BCUT2D eigenvalue weighted by Crippen LogP contribution is -2.52. The summed E-state index contributed by atoms with van der Waals surface area (Å²) in [6.45, 7) is 13.8. The van der Waals surface area contributed by atoms with Gasteiger partial charge in [-0.1, -0.05) is 20.8 Å². The largest absolute Gasteiger partial charge is 0.466 e. The van der Waals surface area contributed by atoms with Gasteiger partial charge in [-0.3, -0.25) is 4.79 Å². The molecule has 0 unspecified atom stereocenters. The highest BCUT2D eigenvalue weighted by Gasteiger charge is 2.56. The number of esters is 1. The van der Waals surface area contributed by atoms with Gasteiger partial charge in [0, 0.05) is 0 Å². The Morgan fingerprint density at radius 1 is 1.33 bits per heavy atom. The molecule has 0 spiro atoms. The van der Waals surface area contributed by atoms with Crippen LogP contribution in [0.4, 0.5) is 0 Å². The van der Waals surface area contributed by atoms with Gasteiger partial charge in [0.1, 0.15) is 18.3 Å². The highest BCUT2D eigenvalue weighted by molar-refractivity contribution is 6.74. The van der Waals surface area contributed by atoms with E-state index in [4.69, 9.17) is 18.6 Å². The monoisotopic (exact) mass is 316 g/mol. The number of epoxide rings is 1. The quantitative estimate of drug-likeness (QED) is 0.443. The van der Waals surface area contributed by atoms with Crippen molar-refractivity contribution in [1.29, 1.82) is 0 Å². The molecule has 2 saturated heterocycles. The Morgan fingerprint density at radius 3 is 2.57 bits per heavy atom. The minimum absolute atomic E-state index is 0.0762. The zero-order valence-corrected chi connectivity index (χ0v) is 15.0. The Bertz CT molecular complexity index is 390. The minimum atomic E-state index is -1.93. The highest BCUT2D eigenvalue weighted by atomic mass is 28.4. The molecular weight excluding hydrogens is 288 g/mol. The molecule has 6 heteroatoms. The second-order valence-corrected chi connectivity index (χ2v) is 12.1. The molecule has 21 heavy (non-hydrogen) atoms. The summed E-state index contributed by atoms with van der Waals surface area (Å²) in [7, 11) is -1.93. The maximum Gasteiger partial charge on any atom is 0.308 e. The third-order valence-electron chi connectivity index (χ3n) is 4.70. The van der Waals surface area contributed by atoms with Crippen LogP contribution in [-0.2, 0) is 23.4 Å². The van der Waals surface area contributed by atoms with Crippen LogP contribution in [0.15, 0.2) is 0 Å². The lowest BCUT2D eigenvalue weighted by atomic mass is 10.0. The molecule has 122 valence electrons. The molecule has 0 amide bonds. The van der Waals surface area contributed by atoms with Crippen molar-refractivity contribution in [3.05, 3.63) is 0 Å². The average Bonchev–Trinajstić information content (AvgIpc) is 3.10. The van der Waals surface area contributed by atoms with E-state index in [1.54, 1.807) is 0 Å². The summed E-state index contributed by atoms with van der Waals surface area (Å²) < 4.78 is 22.9. The second kappa shape index (κ2) is 5.99. The number of hydrogen-bond donors (Lipinski definition) is 0. The van der Waals surface area contributed by atoms with Gasteiger partial charge in [0.15, 0.2) is 8.32 Å². The summed E-state index contributed by atoms with van der Waals surface area (Å²) in [6, 6.07) is 0. The first kappa shape index (κ1) is 16.9. The third kappa shape index (κ3) is 3.86. The van der Waals surface area contributed by atoms with Crippen molar-refractivity contribution >= 4 is 14.3 Å². The zero-order chi connectivity index (χ0) is 15.8. The van der Waals surface area contributed by atoms with Crippen LogP contribution in [0, 0.1) is 0 Å². The molecular formula is C15H28O5Si. The van der Waals surface area contributed by atoms with E-state index in [2.05, 4.69) is 33.9 Å². The van der Waals surface area contributed by atoms with E-state index in [0.29, 0.717) is 13.2 Å². The first-order valence-electron chi connectivity index (χ1n) is 7.76. The van der Waals surface area contributed by atoms with E-state index in [1.165, 1.54) is 0 Å². The van der Waals surface area contributed by atoms with Gasteiger partial charge in [-0.2, -0.15) is 0 Å². The predicted octanol–water partition coefficient (Wildman–Crippen LogP) is 2.50. The van der Waals surface area contributed by atoms with Crippen molar-refractivity contribution < 1.29 is 23.4 Å². The molecule has 0 N–H and O–H groups in total. The fourth-order valence-corrected chi connectivity index (χ4v) is 3.64. The first-order chi connectivity index (χ1) is 9.65. The van der Waals surface area contributed by atoms with Crippen molar-refractivity contribution in [3.8, 4) is 0 Å². The zero-order valence-electron chi connectivity index (χ0n) is 14.0. The molecule has 0 aromatic heterocycles. The number of rotatable bonds is 5. The fraction of sp³-hybridized carbons (Fsp3) is 0.933. The fourth-order valence-electron chi connectivity index (χ4n) is 2.32. The van der Waals surface area contributed by atoms with Crippen LogP contribution in [-0.4, -0.2) is 51.9 Å². The Kier molecular flexibility index (Phi) is 4.83. The first-order valence-corrected chi connectivity index (χ1v) is 10.7. The number of carbonyl (C=O) groups is 1. The van der Waals surface area contributed by atoms with E-state index in [9.17, 15) is 4.79 Å².